The van der Waals surface area contributed by atoms with Crippen molar-refractivity contribution < 1.29 is 42.7 Å². The number of halogens is 1. The minimum absolute atomic E-state index is 0. The molecule has 0 bridgehead atoms. The van der Waals surface area contributed by atoms with E-state index in [1.165, 1.54) is 0 Å². The number of aliphatic carboxylic acids is 1. The number of carbonyl (C=O) groups is 2. The van der Waals surface area contributed by atoms with E-state index < -0.39 is 17.9 Å². The molecule has 226 valence electrons. The van der Waals surface area contributed by atoms with Crippen LogP contribution in [-0.4, -0.2) is 35.0 Å². The van der Waals surface area contributed by atoms with Crippen LogP contribution < -0.4 is 24.2 Å². The Kier molecular flexibility index (Phi) is 14.2. The van der Waals surface area contributed by atoms with Gasteiger partial charge < -0.3 is 19.6 Å². The fourth-order valence-electron chi connectivity index (χ4n) is 4.90. The van der Waals surface area contributed by atoms with Crippen LogP contribution in [0.15, 0.2) is 83.3 Å². The Balaban J connectivity index is 0.00000529. The zero-order chi connectivity index (χ0) is 30.8. The van der Waals surface area contributed by atoms with Gasteiger partial charge in [0.15, 0.2) is 0 Å². The zero-order valence-electron chi connectivity index (χ0n) is 25.8. The third-order valence-electron chi connectivity index (χ3n) is 7.32. The van der Waals surface area contributed by atoms with Crippen LogP contribution in [0.2, 0.25) is 5.02 Å². The molecule has 1 heterocycles. The van der Waals surface area contributed by atoms with Gasteiger partial charge >= 0.3 is 24.8 Å². The van der Waals surface area contributed by atoms with Gasteiger partial charge in [0.2, 0.25) is 0 Å². The SMILES string of the molecule is CCCCC(OCc1ccc(C(=O)NC(CCSC)C(=O)O)c(-c2ccccc2C)c1)c1ccc(-c2ccc(Cl)cc2)o1.[Li+]. The Morgan fingerprint density at radius 3 is 2.43 bits per heavy atom. The van der Waals surface area contributed by atoms with Crippen LogP contribution in [0.1, 0.15) is 66.0 Å². The molecule has 0 fully saturated rings. The summed E-state index contributed by atoms with van der Waals surface area (Å²) in [5.41, 5.74) is 4.93. The minimum atomic E-state index is -1.04. The fourth-order valence-corrected chi connectivity index (χ4v) is 5.49. The van der Waals surface area contributed by atoms with E-state index in [0.29, 0.717) is 29.4 Å². The number of ether oxygens (including phenoxy) is 1. The van der Waals surface area contributed by atoms with Gasteiger partial charge in [-0.3, -0.25) is 4.79 Å². The fraction of sp³-hybridized carbons (Fsp3) is 0.314. The van der Waals surface area contributed by atoms with Crippen LogP contribution >= 0.6 is 23.4 Å². The predicted octanol–water partition coefficient (Wildman–Crippen LogP) is 5.96. The summed E-state index contributed by atoms with van der Waals surface area (Å²) < 4.78 is 12.7. The first-order valence-electron chi connectivity index (χ1n) is 14.5. The van der Waals surface area contributed by atoms with Crippen molar-refractivity contribution in [1.82, 2.24) is 5.32 Å². The quantitative estimate of drug-likeness (QED) is 0.158. The summed E-state index contributed by atoms with van der Waals surface area (Å²) in [5, 5.41) is 13.1. The number of carboxylic acids is 1. The maximum atomic E-state index is 13.4. The second-order valence-corrected chi connectivity index (χ2v) is 11.9. The average Bonchev–Trinajstić information content (AvgIpc) is 3.49. The van der Waals surface area contributed by atoms with Crippen molar-refractivity contribution in [1.29, 1.82) is 0 Å². The molecular formula is C35H38ClLiNO5S+. The maximum Gasteiger partial charge on any atom is 1.00 e. The predicted molar refractivity (Wildman–Crippen MR) is 175 cm³/mol. The molecule has 0 aliphatic rings. The molecule has 9 heteroatoms. The van der Waals surface area contributed by atoms with Gasteiger partial charge in [0, 0.05) is 16.1 Å². The van der Waals surface area contributed by atoms with E-state index in [1.54, 1.807) is 17.8 Å². The van der Waals surface area contributed by atoms with Crippen molar-refractivity contribution >= 4 is 35.2 Å². The Bertz CT molecular complexity index is 1520. The Hall–Kier alpha value is -2.92. The summed E-state index contributed by atoms with van der Waals surface area (Å²) in [6.07, 6.45) is 4.84. The molecule has 4 aromatic rings. The van der Waals surface area contributed by atoms with Gasteiger partial charge in [-0.25, -0.2) is 4.79 Å². The van der Waals surface area contributed by atoms with E-state index in [1.807, 2.05) is 86.0 Å². The van der Waals surface area contributed by atoms with Crippen molar-refractivity contribution in [3.05, 3.63) is 106 Å². The number of aryl methyl sites for hydroxylation is 1. The van der Waals surface area contributed by atoms with Crippen molar-refractivity contribution in [2.75, 3.05) is 12.0 Å². The molecule has 0 radical (unpaired) electrons. The summed E-state index contributed by atoms with van der Waals surface area (Å²) >= 11 is 7.60. The van der Waals surface area contributed by atoms with E-state index in [0.717, 1.165) is 58.6 Å². The third-order valence-corrected chi connectivity index (χ3v) is 8.22. The normalized spacial score (nSPS) is 12.3. The zero-order valence-corrected chi connectivity index (χ0v) is 27.3. The number of unbranched alkanes of at least 4 members (excludes halogenated alkanes) is 1. The number of hydrogen-bond acceptors (Lipinski definition) is 5. The Morgan fingerprint density at radius 2 is 1.75 bits per heavy atom. The summed E-state index contributed by atoms with van der Waals surface area (Å²) in [6.45, 7) is 4.46. The number of nitrogens with one attached hydrogen (secondary N) is 1. The van der Waals surface area contributed by atoms with Crippen molar-refractivity contribution in [2.24, 2.45) is 0 Å². The number of carbonyl (C=O) groups excluding carboxylic acids is 1. The molecule has 0 spiro atoms. The summed E-state index contributed by atoms with van der Waals surface area (Å²) in [4.78, 5) is 25.2. The molecule has 2 unspecified atom stereocenters. The van der Waals surface area contributed by atoms with Crippen LogP contribution in [-0.2, 0) is 16.1 Å². The number of hydrogen-bond donors (Lipinski definition) is 2. The monoisotopic (exact) mass is 626 g/mol. The molecule has 0 aliphatic carbocycles. The molecule has 6 nitrogen and oxygen atoms in total. The first-order valence-corrected chi connectivity index (χ1v) is 16.3. The van der Waals surface area contributed by atoms with Crippen LogP contribution in [0.4, 0.5) is 0 Å². The van der Waals surface area contributed by atoms with Crippen LogP contribution in [0.3, 0.4) is 0 Å². The van der Waals surface area contributed by atoms with Gasteiger partial charge in [0.05, 0.1) is 6.61 Å². The minimum Gasteiger partial charge on any atom is -0.480 e. The second kappa shape index (κ2) is 17.5. The van der Waals surface area contributed by atoms with Crippen molar-refractivity contribution in [3.8, 4) is 22.5 Å². The molecule has 0 saturated heterocycles. The van der Waals surface area contributed by atoms with Crippen molar-refractivity contribution in [3.63, 3.8) is 0 Å². The Morgan fingerprint density at radius 1 is 1.00 bits per heavy atom. The standard InChI is InChI=1S/C35H38ClNO5S.Li/c1-4-5-10-32(33-18-17-31(42-33)25-12-14-26(36)15-13-25)41-22-24-11-16-28(29(21-24)27-9-7-6-8-23(27)2)34(38)37-30(35(39)40)19-20-43-3;/h6-9,11-18,21,30,32H,4-5,10,19-20,22H2,1-3H3,(H,37,38)(H,39,40);/q;+1. The van der Waals surface area contributed by atoms with E-state index in [-0.39, 0.29) is 25.0 Å². The molecule has 2 atom stereocenters. The Labute approximate surface area is 281 Å². The van der Waals surface area contributed by atoms with Gasteiger partial charge in [-0.2, -0.15) is 11.8 Å². The van der Waals surface area contributed by atoms with E-state index >= 15 is 0 Å². The molecular weight excluding hydrogens is 589 g/mol. The number of carboxylic acid groups (broad SMARTS) is 1. The first-order chi connectivity index (χ1) is 20.8. The van der Waals surface area contributed by atoms with E-state index in [4.69, 9.17) is 20.8 Å². The van der Waals surface area contributed by atoms with E-state index in [2.05, 4.69) is 12.2 Å². The number of amides is 1. The van der Waals surface area contributed by atoms with Gasteiger partial charge in [-0.1, -0.05) is 61.7 Å². The number of thioether (sulfide) groups is 1. The van der Waals surface area contributed by atoms with Gasteiger partial charge in [0.1, 0.15) is 23.7 Å². The van der Waals surface area contributed by atoms with Gasteiger partial charge in [-0.05, 0) is 103 Å². The molecule has 2 N–H and O–H groups in total. The third kappa shape index (κ3) is 9.54. The molecule has 1 amide bonds. The maximum absolute atomic E-state index is 13.4. The number of benzene rings is 3. The summed E-state index contributed by atoms with van der Waals surface area (Å²) in [6, 6.07) is 23.9. The average molecular weight is 627 g/mol. The molecule has 3 aromatic carbocycles. The smallest absolute Gasteiger partial charge is 0.480 e. The van der Waals surface area contributed by atoms with Crippen molar-refractivity contribution in [2.45, 2.75) is 58.3 Å². The molecule has 0 aliphatic heterocycles. The van der Waals surface area contributed by atoms with Crippen LogP contribution in [0.25, 0.3) is 22.5 Å². The summed E-state index contributed by atoms with van der Waals surface area (Å²) in [5.74, 6) is 0.698. The van der Waals surface area contributed by atoms with E-state index in [9.17, 15) is 14.7 Å². The molecule has 4 rings (SSSR count). The van der Waals surface area contributed by atoms with Gasteiger partial charge in [-0.15, -0.1) is 0 Å². The first kappa shape index (κ1) is 35.6. The second-order valence-electron chi connectivity index (χ2n) is 10.5. The molecule has 44 heavy (non-hydrogen) atoms. The molecule has 1 aromatic heterocycles. The largest absolute Gasteiger partial charge is 1.00 e. The number of rotatable bonds is 15. The van der Waals surface area contributed by atoms with Gasteiger partial charge in [0.25, 0.3) is 5.91 Å². The number of furan rings is 1. The van der Waals surface area contributed by atoms with Crippen LogP contribution in [0, 0.1) is 6.92 Å². The summed E-state index contributed by atoms with van der Waals surface area (Å²) in [7, 11) is 0. The molecule has 0 saturated carbocycles. The topological polar surface area (TPSA) is 88.8 Å². The van der Waals surface area contributed by atoms with Crippen LogP contribution in [0.5, 0.6) is 0 Å².